The van der Waals surface area contributed by atoms with E-state index in [0.717, 1.165) is 16.7 Å². The van der Waals surface area contributed by atoms with Gasteiger partial charge in [-0.1, -0.05) is 0 Å². The normalized spacial score (nSPS) is 22.1. The summed E-state index contributed by atoms with van der Waals surface area (Å²) in [5.74, 6) is 1.01. The molecule has 3 rings (SSSR count). The number of nitrogens with two attached hydrogens (primary N) is 1. The topological polar surface area (TPSA) is 90.9 Å². The minimum Gasteiger partial charge on any atom is -0.369 e. The van der Waals surface area contributed by atoms with Crippen LogP contribution in [0.4, 0.5) is 5.95 Å². The van der Waals surface area contributed by atoms with Crippen molar-refractivity contribution >= 4 is 26.9 Å². The molecule has 1 aliphatic rings. The summed E-state index contributed by atoms with van der Waals surface area (Å²) >= 11 is 0. The smallest absolute Gasteiger partial charge is 0.202 e. The van der Waals surface area contributed by atoms with Crippen LogP contribution in [-0.2, 0) is 16.4 Å². The van der Waals surface area contributed by atoms with Crippen LogP contribution in [0.3, 0.4) is 0 Å². The Bertz CT molecular complexity index is 736. The van der Waals surface area contributed by atoms with Gasteiger partial charge in [-0.3, -0.25) is 4.57 Å². The quantitative estimate of drug-likeness (QED) is 0.876. The fourth-order valence-corrected chi connectivity index (χ4v) is 4.43. The highest BCUT2D eigenvalue weighted by Crippen LogP contribution is 2.24. The molecule has 1 unspecified atom stereocenters. The van der Waals surface area contributed by atoms with Gasteiger partial charge in [-0.05, 0) is 30.9 Å². The summed E-state index contributed by atoms with van der Waals surface area (Å²) in [6.07, 6.45) is 2.46. The van der Waals surface area contributed by atoms with Crippen molar-refractivity contribution in [1.82, 2.24) is 14.5 Å². The van der Waals surface area contributed by atoms with E-state index in [4.69, 9.17) is 5.73 Å². The van der Waals surface area contributed by atoms with Crippen LogP contribution in [0.5, 0.6) is 0 Å². The van der Waals surface area contributed by atoms with Gasteiger partial charge in [0.2, 0.25) is 5.95 Å². The number of hydrogen-bond acceptors (Lipinski definition) is 5. The molecule has 0 aromatic carbocycles. The van der Waals surface area contributed by atoms with E-state index in [2.05, 4.69) is 9.97 Å². The number of rotatable bonds is 2. The summed E-state index contributed by atoms with van der Waals surface area (Å²) in [7, 11) is -2.87. The van der Waals surface area contributed by atoms with Crippen LogP contribution < -0.4 is 5.73 Å². The van der Waals surface area contributed by atoms with Crippen LogP contribution in [0, 0.1) is 12.8 Å². The summed E-state index contributed by atoms with van der Waals surface area (Å²) in [6, 6.07) is 1.93. The van der Waals surface area contributed by atoms with Crippen molar-refractivity contribution in [3.8, 4) is 0 Å². The van der Waals surface area contributed by atoms with E-state index in [-0.39, 0.29) is 17.4 Å². The molecule has 2 N–H and O–H groups in total. The minimum atomic E-state index is -2.87. The SMILES string of the molecule is Cc1cnc2c(c1)nc(N)n2CC1CCS(=O)(=O)C1. The molecule has 0 amide bonds. The lowest BCUT2D eigenvalue weighted by molar-refractivity contribution is 0.501. The van der Waals surface area contributed by atoms with Crippen molar-refractivity contribution in [2.45, 2.75) is 19.9 Å². The van der Waals surface area contributed by atoms with E-state index in [1.807, 2.05) is 17.6 Å². The zero-order chi connectivity index (χ0) is 13.6. The fourth-order valence-electron chi connectivity index (χ4n) is 2.58. The third-order valence-electron chi connectivity index (χ3n) is 3.52. The third kappa shape index (κ3) is 2.30. The zero-order valence-corrected chi connectivity index (χ0v) is 11.5. The maximum Gasteiger partial charge on any atom is 0.202 e. The maximum absolute atomic E-state index is 11.5. The zero-order valence-electron chi connectivity index (χ0n) is 10.7. The summed E-state index contributed by atoms with van der Waals surface area (Å²) in [6.45, 7) is 2.52. The molecule has 6 nitrogen and oxygen atoms in total. The number of hydrogen-bond donors (Lipinski definition) is 1. The molecule has 0 radical (unpaired) electrons. The molecule has 0 bridgehead atoms. The highest BCUT2D eigenvalue weighted by molar-refractivity contribution is 7.91. The molecule has 3 heterocycles. The number of aromatic nitrogens is 3. The summed E-state index contributed by atoms with van der Waals surface area (Å²) in [5, 5.41) is 0. The lowest BCUT2D eigenvalue weighted by atomic mass is 10.1. The van der Waals surface area contributed by atoms with Crippen molar-refractivity contribution in [3.05, 3.63) is 17.8 Å². The second kappa shape index (κ2) is 4.19. The lowest BCUT2D eigenvalue weighted by Gasteiger charge is -2.10. The Labute approximate surface area is 111 Å². The largest absolute Gasteiger partial charge is 0.369 e. The Hall–Kier alpha value is -1.63. The Morgan fingerprint density at radius 2 is 2.32 bits per heavy atom. The molecule has 1 saturated heterocycles. The number of anilines is 1. The van der Waals surface area contributed by atoms with Crippen LogP contribution in [0.25, 0.3) is 11.2 Å². The van der Waals surface area contributed by atoms with E-state index in [1.54, 1.807) is 6.20 Å². The number of aryl methyl sites for hydroxylation is 1. The average Bonchev–Trinajstić information content (AvgIpc) is 2.80. The van der Waals surface area contributed by atoms with Crippen molar-refractivity contribution in [2.24, 2.45) is 5.92 Å². The van der Waals surface area contributed by atoms with Gasteiger partial charge in [0, 0.05) is 12.7 Å². The van der Waals surface area contributed by atoms with E-state index >= 15 is 0 Å². The highest BCUT2D eigenvalue weighted by atomic mass is 32.2. The van der Waals surface area contributed by atoms with Gasteiger partial charge in [0.25, 0.3) is 0 Å². The highest BCUT2D eigenvalue weighted by Gasteiger charge is 2.29. The predicted octanol–water partition coefficient (Wildman–Crippen LogP) is 0.757. The average molecular weight is 280 g/mol. The number of imidazole rings is 1. The molecule has 0 aliphatic carbocycles. The van der Waals surface area contributed by atoms with Gasteiger partial charge in [0.1, 0.15) is 5.52 Å². The maximum atomic E-state index is 11.5. The predicted molar refractivity (Wildman–Crippen MR) is 73.4 cm³/mol. The van der Waals surface area contributed by atoms with Crippen LogP contribution in [0.1, 0.15) is 12.0 Å². The first-order chi connectivity index (χ1) is 8.94. The third-order valence-corrected chi connectivity index (χ3v) is 5.36. The van der Waals surface area contributed by atoms with E-state index in [9.17, 15) is 8.42 Å². The molecule has 0 saturated carbocycles. The minimum absolute atomic E-state index is 0.104. The first kappa shape index (κ1) is 12.4. The second-order valence-electron chi connectivity index (χ2n) is 5.21. The summed E-state index contributed by atoms with van der Waals surface area (Å²) in [4.78, 5) is 8.63. The summed E-state index contributed by atoms with van der Waals surface area (Å²) in [5.41, 5.74) is 8.43. The van der Waals surface area contributed by atoms with Gasteiger partial charge in [-0.25, -0.2) is 18.4 Å². The van der Waals surface area contributed by atoms with E-state index in [0.29, 0.717) is 18.9 Å². The van der Waals surface area contributed by atoms with E-state index in [1.165, 1.54) is 0 Å². The molecule has 0 spiro atoms. The first-order valence-corrected chi connectivity index (χ1v) is 8.05. The van der Waals surface area contributed by atoms with Crippen LogP contribution >= 0.6 is 0 Å². The number of nitrogen functional groups attached to an aromatic ring is 1. The van der Waals surface area contributed by atoms with Crippen molar-refractivity contribution in [1.29, 1.82) is 0 Å². The Balaban J connectivity index is 1.95. The molecule has 2 aromatic rings. The van der Waals surface area contributed by atoms with Crippen molar-refractivity contribution in [2.75, 3.05) is 17.2 Å². The van der Waals surface area contributed by atoms with Crippen LogP contribution in [0.2, 0.25) is 0 Å². The Kier molecular flexibility index (Phi) is 2.74. The van der Waals surface area contributed by atoms with Gasteiger partial charge < -0.3 is 5.73 Å². The number of pyridine rings is 1. The van der Waals surface area contributed by atoms with Crippen LogP contribution in [-0.4, -0.2) is 34.5 Å². The molecule has 102 valence electrons. The molecule has 1 atom stereocenters. The lowest BCUT2D eigenvalue weighted by Crippen LogP contribution is -2.14. The monoisotopic (exact) mass is 280 g/mol. The Morgan fingerprint density at radius 3 is 3.00 bits per heavy atom. The summed E-state index contributed by atoms with van der Waals surface area (Å²) < 4.78 is 24.8. The second-order valence-corrected chi connectivity index (χ2v) is 7.43. The van der Waals surface area contributed by atoms with Gasteiger partial charge in [-0.2, -0.15) is 0 Å². The fraction of sp³-hybridized carbons (Fsp3) is 0.500. The Morgan fingerprint density at radius 1 is 1.53 bits per heavy atom. The standard InChI is InChI=1S/C12H16N4O2S/c1-8-4-10-11(14-5-8)16(12(13)15-10)6-9-2-3-19(17,18)7-9/h4-5,9H,2-3,6-7H2,1H3,(H2,13,15). The van der Waals surface area contributed by atoms with Crippen LogP contribution in [0.15, 0.2) is 12.3 Å². The van der Waals surface area contributed by atoms with Gasteiger partial charge in [0.05, 0.1) is 11.5 Å². The molecule has 19 heavy (non-hydrogen) atoms. The van der Waals surface area contributed by atoms with Crippen molar-refractivity contribution < 1.29 is 8.42 Å². The van der Waals surface area contributed by atoms with Gasteiger partial charge >= 0.3 is 0 Å². The molecule has 1 fully saturated rings. The molecule has 2 aromatic heterocycles. The molecular weight excluding hydrogens is 264 g/mol. The molecular formula is C12H16N4O2S. The first-order valence-electron chi connectivity index (χ1n) is 6.23. The molecule has 7 heteroatoms. The van der Waals surface area contributed by atoms with Gasteiger partial charge in [-0.15, -0.1) is 0 Å². The van der Waals surface area contributed by atoms with Crippen molar-refractivity contribution in [3.63, 3.8) is 0 Å². The number of fused-ring (bicyclic) bond motifs is 1. The van der Waals surface area contributed by atoms with Gasteiger partial charge in [0.15, 0.2) is 15.5 Å². The number of sulfone groups is 1. The number of nitrogens with zero attached hydrogens (tertiary/aromatic N) is 3. The van der Waals surface area contributed by atoms with E-state index < -0.39 is 9.84 Å². The molecule has 1 aliphatic heterocycles.